The molecule has 0 aliphatic rings. The highest BCUT2D eigenvalue weighted by Gasteiger charge is 1.83. The summed E-state index contributed by atoms with van der Waals surface area (Å²) in [5.74, 6) is -0.0117. The fraction of sp³-hybridized carbons (Fsp3) is 0.500. The van der Waals surface area contributed by atoms with Gasteiger partial charge in [0.25, 0.3) is 0 Å². The summed E-state index contributed by atoms with van der Waals surface area (Å²) in [5.41, 5.74) is 0. The van der Waals surface area contributed by atoms with Gasteiger partial charge in [0.1, 0.15) is 5.78 Å². The maximum absolute atomic E-state index is 10.2. The van der Waals surface area contributed by atoms with Crippen molar-refractivity contribution in [1.82, 2.24) is 0 Å². The normalized spacial score (nSPS) is 10.4. The number of carbonyl (C=O) groups excluding carboxylic acids is 1. The molecule has 0 aliphatic carbocycles. The van der Waals surface area contributed by atoms with Crippen molar-refractivity contribution in [3.63, 3.8) is 0 Å². The first kappa shape index (κ1) is 8.41. The first-order valence-electron chi connectivity index (χ1n) is 3.27. The van der Waals surface area contributed by atoms with Crippen molar-refractivity contribution in [2.45, 2.75) is 26.2 Å². The van der Waals surface area contributed by atoms with Gasteiger partial charge in [0, 0.05) is 13.3 Å². The molecule has 0 saturated carbocycles. The topological polar surface area (TPSA) is 17.1 Å². The first-order chi connectivity index (χ1) is 4.27. The van der Waals surface area contributed by atoms with Crippen molar-refractivity contribution in [2.24, 2.45) is 0 Å². The Labute approximate surface area is 56.8 Å². The van der Waals surface area contributed by atoms with Gasteiger partial charge in [-0.25, -0.2) is 0 Å². The molecule has 0 unspecified atom stereocenters. The molecule has 51 valence electrons. The lowest BCUT2D eigenvalue weighted by Gasteiger charge is -1.83. The summed E-state index contributed by atoms with van der Waals surface area (Å²) in [6, 6.07) is 0. The molecule has 0 spiro atoms. The fourth-order valence-electron chi connectivity index (χ4n) is 0.499. The Balaban J connectivity index is 3.14. The van der Waals surface area contributed by atoms with Crippen molar-refractivity contribution in [3.05, 3.63) is 19.1 Å². The Morgan fingerprint density at radius 1 is 1.56 bits per heavy atom. The number of hydrogen-bond acceptors (Lipinski definition) is 1. The molecule has 1 radical (unpaired) electrons. The Kier molecular flexibility index (Phi) is 5.18. The van der Waals surface area contributed by atoms with Crippen LogP contribution in [-0.4, -0.2) is 5.78 Å². The summed E-state index contributed by atoms with van der Waals surface area (Å²) in [7, 11) is 0. The minimum absolute atomic E-state index is 0.0117. The summed E-state index contributed by atoms with van der Waals surface area (Å²) >= 11 is 0. The Morgan fingerprint density at radius 2 is 2.22 bits per heavy atom. The fourth-order valence-corrected chi connectivity index (χ4v) is 0.499. The molecule has 0 amide bonds. The number of Topliss-reactive ketones (excluding diaryl/α,β-unsaturated/α-hetero) is 1. The van der Waals surface area contributed by atoms with Gasteiger partial charge in [-0.05, 0) is 6.42 Å². The minimum atomic E-state index is -0.0117. The van der Waals surface area contributed by atoms with Crippen molar-refractivity contribution < 1.29 is 4.79 Å². The maximum Gasteiger partial charge on any atom is 0.137 e. The SMILES string of the molecule is [CH2]C(=O)CC=CCCC. The van der Waals surface area contributed by atoms with Gasteiger partial charge in [0.15, 0.2) is 0 Å². The van der Waals surface area contributed by atoms with Gasteiger partial charge in [-0.1, -0.05) is 25.5 Å². The zero-order chi connectivity index (χ0) is 7.11. The van der Waals surface area contributed by atoms with E-state index in [0.29, 0.717) is 6.42 Å². The summed E-state index contributed by atoms with van der Waals surface area (Å²) in [6.45, 7) is 5.35. The number of rotatable bonds is 4. The molecule has 0 N–H and O–H groups in total. The van der Waals surface area contributed by atoms with Crippen LogP contribution in [-0.2, 0) is 4.79 Å². The minimum Gasteiger partial charge on any atom is -0.299 e. The van der Waals surface area contributed by atoms with Crippen LogP contribution in [0, 0.1) is 6.92 Å². The third kappa shape index (κ3) is 7.41. The molecule has 0 rings (SSSR count). The lowest BCUT2D eigenvalue weighted by atomic mass is 10.2. The number of hydrogen-bond donors (Lipinski definition) is 0. The van der Waals surface area contributed by atoms with Gasteiger partial charge in [-0.3, -0.25) is 4.79 Å². The monoisotopic (exact) mass is 125 g/mol. The van der Waals surface area contributed by atoms with E-state index in [0.717, 1.165) is 12.8 Å². The van der Waals surface area contributed by atoms with E-state index >= 15 is 0 Å². The first-order valence-corrected chi connectivity index (χ1v) is 3.27. The van der Waals surface area contributed by atoms with Crippen LogP contribution in [0.1, 0.15) is 26.2 Å². The summed E-state index contributed by atoms with van der Waals surface area (Å²) in [4.78, 5) is 10.2. The highest BCUT2D eigenvalue weighted by atomic mass is 16.1. The van der Waals surface area contributed by atoms with E-state index in [9.17, 15) is 4.79 Å². The second-order valence-electron chi connectivity index (χ2n) is 2.00. The Hall–Kier alpha value is -0.590. The van der Waals surface area contributed by atoms with Crippen LogP contribution >= 0.6 is 0 Å². The number of ketones is 1. The van der Waals surface area contributed by atoms with Crippen LogP contribution < -0.4 is 0 Å². The lowest BCUT2D eigenvalue weighted by molar-refractivity contribution is -0.114. The molecule has 0 heterocycles. The molecule has 0 fully saturated rings. The molecule has 0 aromatic carbocycles. The third-order valence-electron chi connectivity index (χ3n) is 0.968. The Morgan fingerprint density at radius 3 is 2.67 bits per heavy atom. The zero-order valence-electron chi connectivity index (χ0n) is 5.89. The van der Waals surface area contributed by atoms with Crippen molar-refractivity contribution >= 4 is 5.78 Å². The molecule has 1 heteroatoms. The van der Waals surface area contributed by atoms with Gasteiger partial charge < -0.3 is 0 Å². The number of carbonyl (C=O) groups is 1. The average molecular weight is 125 g/mol. The lowest BCUT2D eigenvalue weighted by Crippen LogP contribution is -1.84. The van der Waals surface area contributed by atoms with Crippen LogP contribution in [0.25, 0.3) is 0 Å². The molecule has 9 heavy (non-hydrogen) atoms. The number of allylic oxidation sites excluding steroid dienone is 2. The largest absolute Gasteiger partial charge is 0.299 e. The van der Waals surface area contributed by atoms with Crippen LogP contribution in [0.2, 0.25) is 0 Å². The quantitative estimate of drug-likeness (QED) is 0.526. The van der Waals surface area contributed by atoms with Crippen LogP contribution in [0.5, 0.6) is 0 Å². The summed E-state index contributed by atoms with van der Waals surface area (Å²) in [6.07, 6.45) is 6.58. The van der Waals surface area contributed by atoms with E-state index in [2.05, 4.69) is 13.8 Å². The molecule has 0 atom stereocenters. The maximum atomic E-state index is 10.2. The molecule has 0 aromatic rings. The van der Waals surface area contributed by atoms with Crippen LogP contribution in [0.15, 0.2) is 12.2 Å². The predicted octanol–water partition coefficient (Wildman–Crippen LogP) is 2.14. The highest BCUT2D eigenvalue weighted by molar-refractivity contribution is 5.83. The molecular weight excluding hydrogens is 112 g/mol. The van der Waals surface area contributed by atoms with E-state index in [4.69, 9.17) is 0 Å². The van der Waals surface area contributed by atoms with Crippen molar-refractivity contribution in [1.29, 1.82) is 0 Å². The van der Waals surface area contributed by atoms with E-state index in [-0.39, 0.29) is 5.78 Å². The van der Waals surface area contributed by atoms with Crippen LogP contribution in [0.3, 0.4) is 0 Å². The molecule has 0 aliphatic heterocycles. The number of unbranched alkanes of at least 4 members (excludes halogenated alkanes) is 1. The molecule has 0 aromatic heterocycles. The summed E-state index contributed by atoms with van der Waals surface area (Å²) in [5, 5.41) is 0. The second kappa shape index (κ2) is 5.54. The zero-order valence-corrected chi connectivity index (χ0v) is 5.89. The third-order valence-corrected chi connectivity index (χ3v) is 0.968. The van der Waals surface area contributed by atoms with E-state index in [1.807, 2.05) is 12.2 Å². The smallest absolute Gasteiger partial charge is 0.137 e. The second-order valence-corrected chi connectivity index (χ2v) is 2.00. The van der Waals surface area contributed by atoms with E-state index < -0.39 is 0 Å². The molecular formula is C8H13O. The molecule has 0 bridgehead atoms. The molecule has 0 saturated heterocycles. The standard InChI is InChI=1S/C8H13O/c1-3-4-5-6-7-8(2)9/h5-6H,2-4,7H2,1H3. The van der Waals surface area contributed by atoms with Gasteiger partial charge in [-0.2, -0.15) is 0 Å². The van der Waals surface area contributed by atoms with Crippen LogP contribution in [0.4, 0.5) is 0 Å². The van der Waals surface area contributed by atoms with Crippen molar-refractivity contribution in [2.75, 3.05) is 0 Å². The van der Waals surface area contributed by atoms with Crippen molar-refractivity contribution in [3.8, 4) is 0 Å². The van der Waals surface area contributed by atoms with Gasteiger partial charge in [0.2, 0.25) is 0 Å². The van der Waals surface area contributed by atoms with Gasteiger partial charge in [-0.15, -0.1) is 0 Å². The summed E-state index contributed by atoms with van der Waals surface area (Å²) < 4.78 is 0. The Bertz CT molecular complexity index is 103. The van der Waals surface area contributed by atoms with Gasteiger partial charge in [0.05, 0.1) is 0 Å². The molecule has 1 nitrogen and oxygen atoms in total. The van der Waals surface area contributed by atoms with E-state index in [1.54, 1.807) is 0 Å². The highest BCUT2D eigenvalue weighted by Crippen LogP contribution is 1.90. The van der Waals surface area contributed by atoms with E-state index in [1.165, 1.54) is 0 Å². The average Bonchev–Trinajstić information content (AvgIpc) is 1.80. The van der Waals surface area contributed by atoms with Gasteiger partial charge >= 0.3 is 0 Å². The predicted molar refractivity (Wildman–Crippen MR) is 39.0 cm³/mol.